The van der Waals surface area contributed by atoms with Crippen molar-refractivity contribution in [3.8, 4) is 0 Å². The number of halogens is 6. The minimum Gasteiger partial charge on any atom is -0.344 e. The highest BCUT2D eigenvalue weighted by atomic mass is 79.9. The molecule has 1 aliphatic heterocycles. The Kier molecular flexibility index (Phi) is 5.66. The minimum atomic E-state index is -4.56. The fourth-order valence-electron chi connectivity index (χ4n) is 3.30. The number of carbonyl (C=O) groups is 2. The van der Waals surface area contributed by atoms with Crippen LogP contribution in [0.15, 0.2) is 40.9 Å². The molecular weight excluding hydrogens is 463 g/mol. The zero-order valence-electron chi connectivity index (χ0n) is 14.9. The van der Waals surface area contributed by atoms with Gasteiger partial charge >= 0.3 is 6.18 Å². The molecule has 2 atom stereocenters. The lowest BCUT2D eigenvalue weighted by Gasteiger charge is -2.19. The summed E-state index contributed by atoms with van der Waals surface area (Å²) in [5.41, 5.74) is -0.978. The van der Waals surface area contributed by atoms with Crippen LogP contribution in [0, 0.1) is 17.6 Å². The third-order valence-electron chi connectivity index (χ3n) is 4.73. The lowest BCUT2D eigenvalue weighted by atomic mass is 9.87. The molecule has 1 heterocycles. The summed E-state index contributed by atoms with van der Waals surface area (Å²) in [5, 5.41) is 2.20. The van der Waals surface area contributed by atoms with Gasteiger partial charge in [0.1, 0.15) is 5.92 Å². The number of likely N-dealkylation sites (tertiary alicyclic amines) is 1. The maximum Gasteiger partial charge on any atom is 0.417 e. The summed E-state index contributed by atoms with van der Waals surface area (Å²) in [6.45, 7) is 0.0837. The Labute approximate surface area is 170 Å². The van der Waals surface area contributed by atoms with Crippen LogP contribution < -0.4 is 5.32 Å². The first-order chi connectivity index (χ1) is 13.5. The average Bonchev–Trinajstić information content (AvgIpc) is 2.93. The Balaban J connectivity index is 1.92. The van der Waals surface area contributed by atoms with E-state index in [2.05, 4.69) is 21.2 Å². The van der Waals surface area contributed by atoms with Crippen molar-refractivity contribution in [1.29, 1.82) is 0 Å². The number of alkyl halides is 3. The first-order valence-corrected chi connectivity index (χ1v) is 9.16. The highest BCUT2D eigenvalue weighted by Crippen LogP contribution is 2.39. The number of anilines is 1. The van der Waals surface area contributed by atoms with Crippen molar-refractivity contribution in [3.05, 3.63) is 63.6 Å². The van der Waals surface area contributed by atoms with Crippen molar-refractivity contribution in [2.75, 3.05) is 18.9 Å². The summed E-state index contributed by atoms with van der Waals surface area (Å²) in [5.74, 6) is -5.94. The number of hydrogen-bond acceptors (Lipinski definition) is 2. The Morgan fingerprint density at radius 2 is 1.90 bits per heavy atom. The van der Waals surface area contributed by atoms with Gasteiger partial charge in [0.15, 0.2) is 11.6 Å². The smallest absolute Gasteiger partial charge is 0.344 e. The molecule has 1 aliphatic rings. The predicted octanol–water partition coefficient (Wildman–Crippen LogP) is 4.56. The lowest BCUT2D eigenvalue weighted by molar-refractivity contribution is -0.138. The quantitative estimate of drug-likeness (QED) is 0.521. The summed E-state index contributed by atoms with van der Waals surface area (Å²) >= 11 is 2.88. The number of benzene rings is 2. The predicted molar refractivity (Wildman–Crippen MR) is 98.0 cm³/mol. The van der Waals surface area contributed by atoms with Crippen LogP contribution in [0.3, 0.4) is 0 Å². The van der Waals surface area contributed by atoms with E-state index < -0.39 is 52.7 Å². The summed E-state index contributed by atoms with van der Waals surface area (Å²) in [6, 6.07) is 6.49. The highest BCUT2D eigenvalue weighted by Gasteiger charge is 2.45. The van der Waals surface area contributed by atoms with Gasteiger partial charge in [-0.15, -0.1) is 0 Å². The molecule has 154 valence electrons. The molecule has 0 aromatic heterocycles. The summed E-state index contributed by atoms with van der Waals surface area (Å²) in [6.07, 6.45) is -4.56. The fraction of sp³-hybridized carbons (Fsp3) is 0.263. The van der Waals surface area contributed by atoms with E-state index in [-0.39, 0.29) is 11.0 Å². The molecule has 0 bridgehead atoms. The Hall–Kier alpha value is -2.49. The number of amides is 2. The van der Waals surface area contributed by atoms with Gasteiger partial charge in [0.05, 0.1) is 11.3 Å². The van der Waals surface area contributed by atoms with Crippen LogP contribution >= 0.6 is 15.9 Å². The van der Waals surface area contributed by atoms with E-state index in [0.29, 0.717) is 5.56 Å². The number of nitrogens with one attached hydrogen (secondary N) is 1. The minimum absolute atomic E-state index is 0.0837. The monoisotopic (exact) mass is 476 g/mol. The van der Waals surface area contributed by atoms with E-state index in [1.165, 1.54) is 30.1 Å². The maximum absolute atomic E-state index is 13.9. The molecular formula is C19H14BrF5N2O2. The molecule has 1 fully saturated rings. The number of likely N-dealkylation sites (N-methyl/N-ethyl adjacent to an activating group) is 1. The van der Waals surface area contributed by atoms with Crippen molar-refractivity contribution in [1.82, 2.24) is 4.90 Å². The Morgan fingerprint density at radius 1 is 1.21 bits per heavy atom. The third-order valence-corrected chi connectivity index (χ3v) is 5.39. The van der Waals surface area contributed by atoms with Gasteiger partial charge in [0.2, 0.25) is 11.8 Å². The van der Waals surface area contributed by atoms with Gasteiger partial charge in [-0.25, -0.2) is 8.78 Å². The molecule has 1 N–H and O–H groups in total. The largest absolute Gasteiger partial charge is 0.417 e. The molecule has 29 heavy (non-hydrogen) atoms. The van der Waals surface area contributed by atoms with E-state index in [0.717, 1.165) is 18.2 Å². The van der Waals surface area contributed by atoms with Gasteiger partial charge in [-0.3, -0.25) is 9.59 Å². The number of hydrogen-bond donors (Lipinski definition) is 1. The molecule has 1 saturated heterocycles. The van der Waals surface area contributed by atoms with Gasteiger partial charge in [0.25, 0.3) is 0 Å². The van der Waals surface area contributed by atoms with Crippen molar-refractivity contribution < 1.29 is 31.5 Å². The summed E-state index contributed by atoms with van der Waals surface area (Å²) in [7, 11) is 1.45. The SMILES string of the molecule is CN1C[C@H](c2ccc(C(F)(F)F)c(Br)c2)[C@@H](C(=O)Nc2cccc(F)c2F)C1=O. The van der Waals surface area contributed by atoms with E-state index in [9.17, 15) is 31.5 Å². The van der Waals surface area contributed by atoms with E-state index in [4.69, 9.17) is 0 Å². The molecule has 2 aromatic rings. The van der Waals surface area contributed by atoms with Crippen LogP contribution in [-0.2, 0) is 15.8 Å². The van der Waals surface area contributed by atoms with E-state index in [1.54, 1.807) is 0 Å². The van der Waals surface area contributed by atoms with Crippen molar-refractivity contribution in [2.45, 2.75) is 12.1 Å². The van der Waals surface area contributed by atoms with Crippen LogP contribution in [0.25, 0.3) is 0 Å². The number of rotatable bonds is 3. The van der Waals surface area contributed by atoms with Crippen molar-refractivity contribution in [3.63, 3.8) is 0 Å². The maximum atomic E-state index is 13.9. The molecule has 4 nitrogen and oxygen atoms in total. The molecule has 3 rings (SSSR count). The van der Waals surface area contributed by atoms with Gasteiger partial charge in [0, 0.05) is 24.0 Å². The Morgan fingerprint density at radius 3 is 2.52 bits per heavy atom. The highest BCUT2D eigenvalue weighted by molar-refractivity contribution is 9.10. The van der Waals surface area contributed by atoms with Gasteiger partial charge in [-0.2, -0.15) is 13.2 Å². The van der Waals surface area contributed by atoms with Crippen LogP contribution in [0.4, 0.5) is 27.6 Å². The first-order valence-electron chi connectivity index (χ1n) is 8.37. The molecule has 2 aromatic carbocycles. The second-order valence-corrected chi connectivity index (χ2v) is 7.48. The summed E-state index contributed by atoms with van der Waals surface area (Å²) < 4.78 is 65.9. The second kappa shape index (κ2) is 7.74. The molecule has 2 amide bonds. The molecule has 0 radical (unpaired) electrons. The zero-order chi connectivity index (χ0) is 21.5. The number of carbonyl (C=O) groups excluding carboxylic acids is 2. The van der Waals surface area contributed by atoms with Crippen LogP contribution in [0.5, 0.6) is 0 Å². The topological polar surface area (TPSA) is 49.4 Å². The Bertz CT molecular complexity index is 980. The first kappa shape index (κ1) is 21.2. The molecule has 0 spiro atoms. The summed E-state index contributed by atoms with van der Waals surface area (Å²) in [4.78, 5) is 26.4. The van der Waals surface area contributed by atoms with Gasteiger partial charge in [-0.05, 0) is 29.8 Å². The average molecular weight is 477 g/mol. The fourth-order valence-corrected chi connectivity index (χ4v) is 3.92. The number of nitrogens with zero attached hydrogens (tertiary/aromatic N) is 1. The molecule has 10 heteroatoms. The van der Waals surface area contributed by atoms with Gasteiger partial charge in [-0.1, -0.05) is 28.1 Å². The third kappa shape index (κ3) is 4.12. The lowest BCUT2D eigenvalue weighted by Crippen LogP contribution is -2.33. The molecule has 0 aliphatic carbocycles. The van der Waals surface area contributed by atoms with E-state index >= 15 is 0 Å². The van der Waals surface area contributed by atoms with E-state index in [1.807, 2.05) is 0 Å². The van der Waals surface area contributed by atoms with Crippen LogP contribution in [0.1, 0.15) is 17.0 Å². The van der Waals surface area contributed by atoms with Crippen molar-refractivity contribution in [2.24, 2.45) is 5.92 Å². The zero-order valence-corrected chi connectivity index (χ0v) is 16.4. The normalized spacial score (nSPS) is 19.6. The van der Waals surface area contributed by atoms with Gasteiger partial charge < -0.3 is 10.2 Å². The standard InChI is InChI=1S/C19H14BrF5N2O2/c1-27-8-10(9-5-6-11(12(20)7-9)19(23,24)25)15(18(27)29)17(28)26-14-4-2-3-13(21)16(14)22/h2-7,10,15H,8H2,1H3,(H,26,28)/t10-,15+/m1/s1. The molecule has 0 saturated carbocycles. The second-order valence-electron chi connectivity index (χ2n) is 6.63. The molecule has 0 unspecified atom stereocenters. The van der Waals surface area contributed by atoms with Crippen molar-refractivity contribution >= 4 is 33.4 Å². The van der Waals surface area contributed by atoms with Crippen LogP contribution in [-0.4, -0.2) is 30.3 Å². The van der Waals surface area contributed by atoms with Crippen LogP contribution in [0.2, 0.25) is 0 Å².